The Bertz CT molecular complexity index is 653. The van der Waals surface area contributed by atoms with Crippen LogP contribution in [-0.2, 0) is 6.42 Å². The summed E-state index contributed by atoms with van der Waals surface area (Å²) >= 11 is 3.09. The average Bonchev–Trinajstić information content (AvgIpc) is 2.91. The fourth-order valence-corrected chi connectivity index (χ4v) is 2.89. The second-order valence-electron chi connectivity index (χ2n) is 4.85. The summed E-state index contributed by atoms with van der Waals surface area (Å²) in [4.78, 5) is 12.2. The molecule has 20 heavy (non-hydrogen) atoms. The monoisotopic (exact) mass is 337 g/mol. The van der Waals surface area contributed by atoms with Crippen LogP contribution in [0.2, 0.25) is 0 Å². The lowest BCUT2D eigenvalue weighted by Crippen LogP contribution is -2.30. The van der Waals surface area contributed by atoms with Gasteiger partial charge < -0.3 is 9.73 Å². The molecule has 1 amide bonds. The minimum atomic E-state index is -0.378. The average molecular weight is 338 g/mol. The molecule has 1 aliphatic rings. The smallest absolute Gasteiger partial charge is 0.251 e. The standard InChI is InChI=1S/C15H13BrFNO2/c16-11-8-9(4-5-12(11)17)15(19)18-13-2-1-3-14-10(13)6-7-20-14/h4-8,13H,1-3H2,(H,18,19). The van der Waals surface area contributed by atoms with Crippen molar-refractivity contribution in [2.45, 2.75) is 25.3 Å². The lowest BCUT2D eigenvalue weighted by molar-refractivity contribution is 0.0932. The van der Waals surface area contributed by atoms with Crippen LogP contribution in [0, 0.1) is 5.82 Å². The molecule has 0 spiro atoms. The number of carbonyl (C=O) groups excluding carboxylic acids is 1. The summed E-state index contributed by atoms with van der Waals surface area (Å²) < 4.78 is 18.9. The van der Waals surface area contributed by atoms with Crippen LogP contribution in [0.5, 0.6) is 0 Å². The third-order valence-electron chi connectivity index (χ3n) is 3.54. The van der Waals surface area contributed by atoms with Crippen LogP contribution in [0.15, 0.2) is 39.4 Å². The van der Waals surface area contributed by atoms with Crippen molar-refractivity contribution in [3.05, 3.63) is 57.7 Å². The molecule has 0 bridgehead atoms. The van der Waals surface area contributed by atoms with Crippen molar-refractivity contribution >= 4 is 21.8 Å². The van der Waals surface area contributed by atoms with E-state index < -0.39 is 0 Å². The maximum absolute atomic E-state index is 13.2. The molecule has 1 N–H and O–H groups in total. The zero-order chi connectivity index (χ0) is 14.1. The number of furan rings is 1. The van der Waals surface area contributed by atoms with Crippen LogP contribution in [0.4, 0.5) is 4.39 Å². The van der Waals surface area contributed by atoms with Gasteiger partial charge in [-0.2, -0.15) is 0 Å². The van der Waals surface area contributed by atoms with Gasteiger partial charge in [-0.25, -0.2) is 4.39 Å². The van der Waals surface area contributed by atoms with E-state index in [1.165, 1.54) is 18.2 Å². The number of aryl methyl sites for hydroxylation is 1. The summed E-state index contributed by atoms with van der Waals surface area (Å²) in [7, 11) is 0. The molecule has 1 unspecified atom stereocenters. The number of fused-ring (bicyclic) bond motifs is 1. The van der Waals surface area contributed by atoms with Gasteiger partial charge in [0.25, 0.3) is 5.91 Å². The maximum atomic E-state index is 13.2. The second kappa shape index (κ2) is 5.40. The van der Waals surface area contributed by atoms with Crippen LogP contribution >= 0.6 is 15.9 Å². The van der Waals surface area contributed by atoms with Gasteiger partial charge in [-0.05, 0) is 53.0 Å². The molecule has 0 fully saturated rings. The molecule has 0 saturated heterocycles. The summed E-state index contributed by atoms with van der Waals surface area (Å²) in [5, 5.41) is 2.98. The highest BCUT2D eigenvalue weighted by Crippen LogP contribution is 2.30. The Morgan fingerprint density at radius 3 is 3.05 bits per heavy atom. The van der Waals surface area contributed by atoms with E-state index in [-0.39, 0.29) is 22.2 Å². The van der Waals surface area contributed by atoms with E-state index >= 15 is 0 Å². The van der Waals surface area contributed by atoms with Crippen LogP contribution in [-0.4, -0.2) is 5.91 Å². The first-order valence-electron chi connectivity index (χ1n) is 6.47. The molecular weight excluding hydrogens is 325 g/mol. The van der Waals surface area contributed by atoms with Gasteiger partial charge in [-0.3, -0.25) is 4.79 Å². The van der Waals surface area contributed by atoms with E-state index in [1.54, 1.807) is 6.26 Å². The van der Waals surface area contributed by atoms with Crippen LogP contribution < -0.4 is 5.32 Å². The van der Waals surface area contributed by atoms with Crippen molar-refractivity contribution in [1.82, 2.24) is 5.32 Å². The van der Waals surface area contributed by atoms with Gasteiger partial charge in [0, 0.05) is 17.5 Å². The SMILES string of the molecule is O=C(NC1CCCc2occc21)c1ccc(F)c(Br)c1. The van der Waals surface area contributed by atoms with E-state index in [4.69, 9.17) is 4.42 Å². The van der Waals surface area contributed by atoms with E-state index in [0.29, 0.717) is 5.56 Å². The van der Waals surface area contributed by atoms with Crippen molar-refractivity contribution in [2.75, 3.05) is 0 Å². The van der Waals surface area contributed by atoms with Gasteiger partial charge >= 0.3 is 0 Å². The minimum absolute atomic E-state index is 0.0335. The molecule has 1 aliphatic carbocycles. The van der Waals surface area contributed by atoms with Crippen molar-refractivity contribution < 1.29 is 13.6 Å². The first kappa shape index (κ1) is 13.4. The van der Waals surface area contributed by atoms with Crippen molar-refractivity contribution in [3.63, 3.8) is 0 Å². The number of nitrogens with one attached hydrogen (secondary N) is 1. The van der Waals surface area contributed by atoms with Crippen LogP contribution in [0.1, 0.15) is 40.6 Å². The highest BCUT2D eigenvalue weighted by atomic mass is 79.9. The van der Waals surface area contributed by atoms with Crippen LogP contribution in [0.3, 0.4) is 0 Å². The van der Waals surface area contributed by atoms with Gasteiger partial charge in [0.2, 0.25) is 0 Å². The topological polar surface area (TPSA) is 42.2 Å². The summed E-state index contributed by atoms with van der Waals surface area (Å²) in [5.41, 5.74) is 1.49. The Morgan fingerprint density at radius 2 is 2.25 bits per heavy atom. The number of hydrogen-bond donors (Lipinski definition) is 1. The molecule has 0 saturated carbocycles. The fourth-order valence-electron chi connectivity index (χ4n) is 2.52. The van der Waals surface area contributed by atoms with E-state index in [9.17, 15) is 9.18 Å². The predicted octanol–water partition coefficient (Wildman–Crippen LogP) is 3.99. The quantitative estimate of drug-likeness (QED) is 0.900. The number of carbonyl (C=O) groups is 1. The van der Waals surface area contributed by atoms with Crippen molar-refractivity contribution in [2.24, 2.45) is 0 Å². The van der Waals surface area contributed by atoms with E-state index in [1.807, 2.05) is 6.07 Å². The van der Waals surface area contributed by atoms with Gasteiger partial charge in [-0.15, -0.1) is 0 Å². The lowest BCUT2D eigenvalue weighted by atomic mass is 9.93. The summed E-state index contributed by atoms with van der Waals surface area (Å²) in [6.45, 7) is 0. The third kappa shape index (κ3) is 2.50. The lowest BCUT2D eigenvalue weighted by Gasteiger charge is -2.22. The molecule has 104 valence electrons. The first-order valence-corrected chi connectivity index (χ1v) is 7.26. The molecule has 1 atom stereocenters. The van der Waals surface area contributed by atoms with E-state index in [2.05, 4.69) is 21.2 Å². The minimum Gasteiger partial charge on any atom is -0.469 e. The molecule has 1 aromatic heterocycles. The second-order valence-corrected chi connectivity index (χ2v) is 5.70. The number of benzene rings is 1. The van der Waals surface area contributed by atoms with E-state index in [0.717, 1.165) is 30.6 Å². The van der Waals surface area contributed by atoms with Crippen LogP contribution in [0.25, 0.3) is 0 Å². The maximum Gasteiger partial charge on any atom is 0.251 e. The molecule has 1 heterocycles. The predicted molar refractivity (Wildman–Crippen MR) is 76.0 cm³/mol. The van der Waals surface area contributed by atoms with Crippen molar-refractivity contribution in [1.29, 1.82) is 0 Å². The van der Waals surface area contributed by atoms with Gasteiger partial charge in [0.05, 0.1) is 16.8 Å². The Morgan fingerprint density at radius 1 is 1.40 bits per heavy atom. The molecule has 5 heteroatoms. The number of rotatable bonds is 2. The number of halogens is 2. The molecule has 0 radical (unpaired) electrons. The van der Waals surface area contributed by atoms with Gasteiger partial charge in [0.1, 0.15) is 11.6 Å². The fraction of sp³-hybridized carbons (Fsp3) is 0.267. The van der Waals surface area contributed by atoms with Crippen molar-refractivity contribution in [3.8, 4) is 0 Å². The largest absolute Gasteiger partial charge is 0.469 e. The first-order chi connectivity index (χ1) is 9.65. The molecule has 0 aliphatic heterocycles. The zero-order valence-corrected chi connectivity index (χ0v) is 12.2. The number of hydrogen-bond acceptors (Lipinski definition) is 2. The van der Waals surface area contributed by atoms with Gasteiger partial charge in [-0.1, -0.05) is 0 Å². The Kier molecular flexibility index (Phi) is 3.61. The highest BCUT2D eigenvalue weighted by molar-refractivity contribution is 9.10. The third-order valence-corrected chi connectivity index (χ3v) is 4.15. The highest BCUT2D eigenvalue weighted by Gasteiger charge is 2.24. The molecule has 3 rings (SSSR count). The van der Waals surface area contributed by atoms with Gasteiger partial charge in [0.15, 0.2) is 0 Å². The molecule has 3 nitrogen and oxygen atoms in total. The Balaban J connectivity index is 1.79. The molecule has 2 aromatic rings. The summed E-state index contributed by atoms with van der Waals surface area (Å²) in [6.07, 6.45) is 4.44. The Labute approximate surface area is 124 Å². The normalized spacial score (nSPS) is 17.6. The molecular formula is C15H13BrFNO2. The number of amides is 1. The summed E-state index contributed by atoms with van der Waals surface area (Å²) in [6, 6.07) is 6.12. The summed E-state index contributed by atoms with van der Waals surface area (Å²) in [5.74, 6) is 0.364. The molecule has 1 aromatic carbocycles. The Hall–Kier alpha value is -1.62. The zero-order valence-electron chi connectivity index (χ0n) is 10.7.